The standard InChI is InChI=1S/C18H22N4O3/c19-17(24)12-8-10-22(11-9-12)16(23)7-3-6-15-20-14-5-2-1-4-13(14)18(25)21-15/h1-2,4-5,12H,3,6-11H2,(H2,19,24)(H,20,21,25). The molecule has 2 aromatic rings. The molecule has 0 spiro atoms. The molecule has 2 amide bonds. The fraction of sp³-hybridized carbons (Fsp3) is 0.444. The Morgan fingerprint density at radius 2 is 1.96 bits per heavy atom. The Balaban J connectivity index is 1.52. The number of aryl methyl sites for hydroxylation is 1. The second-order valence-electron chi connectivity index (χ2n) is 6.44. The summed E-state index contributed by atoms with van der Waals surface area (Å²) in [4.78, 5) is 44.5. The van der Waals surface area contributed by atoms with Crippen LogP contribution in [0.1, 0.15) is 31.5 Å². The van der Waals surface area contributed by atoms with E-state index >= 15 is 0 Å². The van der Waals surface area contributed by atoms with Crippen molar-refractivity contribution in [1.82, 2.24) is 14.9 Å². The van der Waals surface area contributed by atoms with Crippen molar-refractivity contribution in [2.75, 3.05) is 13.1 Å². The normalized spacial score (nSPS) is 15.4. The third-order valence-corrected chi connectivity index (χ3v) is 4.72. The van der Waals surface area contributed by atoms with Crippen molar-refractivity contribution < 1.29 is 9.59 Å². The van der Waals surface area contributed by atoms with Crippen LogP contribution in [0.15, 0.2) is 29.1 Å². The second-order valence-corrected chi connectivity index (χ2v) is 6.44. The van der Waals surface area contributed by atoms with Crippen LogP contribution in [0.2, 0.25) is 0 Å². The summed E-state index contributed by atoms with van der Waals surface area (Å²) in [5.41, 5.74) is 5.82. The third-order valence-electron chi connectivity index (χ3n) is 4.72. The number of hydrogen-bond acceptors (Lipinski definition) is 4. The highest BCUT2D eigenvalue weighted by Gasteiger charge is 2.25. The van der Waals surface area contributed by atoms with Crippen molar-refractivity contribution >= 4 is 22.7 Å². The lowest BCUT2D eigenvalue weighted by atomic mass is 9.96. The van der Waals surface area contributed by atoms with E-state index in [9.17, 15) is 14.4 Å². The van der Waals surface area contributed by atoms with Crippen LogP contribution in [-0.2, 0) is 16.0 Å². The first-order valence-electron chi connectivity index (χ1n) is 8.59. The average Bonchev–Trinajstić information content (AvgIpc) is 2.62. The summed E-state index contributed by atoms with van der Waals surface area (Å²) in [6.45, 7) is 1.16. The number of amides is 2. The van der Waals surface area contributed by atoms with E-state index in [0.29, 0.717) is 61.9 Å². The minimum absolute atomic E-state index is 0.0751. The van der Waals surface area contributed by atoms with Gasteiger partial charge in [0.15, 0.2) is 0 Å². The van der Waals surface area contributed by atoms with Crippen LogP contribution >= 0.6 is 0 Å². The van der Waals surface area contributed by atoms with Crippen LogP contribution in [0.25, 0.3) is 10.9 Å². The zero-order valence-corrected chi connectivity index (χ0v) is 14.0. The number of carbonyl (C=O) groups excluding carboxylic acids is 2. The van der Waals surface area contributed by atoms with Crippen LogP contribution < -0.4 is 11.3 Å². The number of H-pyrrole nitrogens is 1. The van der Waals surface area contributed by atoms with E-state index in [0.717, 1.165) is 0 Å². The van der Waals surface area contributed by atoms with Crippen molar-refractivity contribution in [2.45, 2.75) is 32.1 Å². The second kappa shape index (κ2) is 7.46. The van der Waals surface area contributed by atoms with Gasteiger partial charge < -0.3 is 15.6 Å². The van der Waals surface area contributed by atoms with Gasteiger partial charge in [-0.25, -0.2) is 4.98 Å². The maximum absolute atomic E-state index is 12.3. The van der Waals surface area contributed by atoms with Gasteiger partial charge in [0, 0.05) is 31.8 Å². The van der Waals surface area contributed by atoms with E-state index < -0.39 is 0 Å². The predicted octanol–water partition coefficient (Wildman–Crippen LogP) is 0.970. The fourth-order valence-corrected chi connectivity index (χ4v) is 3.23. The Kier molecular flexibility index (Phi) is 5.11. The molecule has 7 nitrogen and oxygen atoms in total. The molecular weight excluding hydrogens is 320 g/mol. The number of aromatic amines is 1. The lowest BCUT2D eigenvalue weighted by Crippen LogP contribution is -2.41. The molecule has 7 heteroatoms. The van der Waals surface area contributed by atoms with Crippen molar-refractivity contribution in [3.63, 3.8) is 0 Å². The van der Waals surface area contributed by atoms with Gasteiger partial charge in [-0.2, -0.15) is 0 Å². The van der Waals surface area contributed by atoms with Gasteiger partial charge in [-0.15, -0.1) is 0 Å². The maximum Gasteiger partial charge on any atom is 0.258 e. The molecular formula is C18H22N4O3. The number of likely N-dealkylation sites (tertiary alicyclic amines) is 1. The van der Waals surface area contributed by atoms with E-state index in [2.05, 4.69) is 9.97 Å². The summed E-state index contributed by atoms with van der Waals surface area (Å²) in [6, 6.07) is 7.20. The van der Waals surface area contributed by atoms with Crippen LogP contribution in [0.4, 0.5) is 0 Å². The summed E-state index contributed by atoms with van der Waals surface area (Å²) in [5.74, 6) is 0.282. The molecule has 1 aromatic carbocycles. The van der Waals surface area contributed by atoms with Gasteiger partial charge in [0.05, 0.1) is 10.9 Å². The zero-order chi connectivity index (χ0) is 17.8. The summed E-state index contributed by atoms with van der Waals surface area (Å²) >= 11 is 0. The summed E-state index contributed by atoms with van der Waals surface area (Å²) in [7, 11) is 0. The molecule has 0 radical (unpaired) electrons. The van der Waals surface area contributed by atoms with E-state index in [1.165, 1.54) is 0 Å². The van der Waals surface area contributed by atoms with Crippen molar-refractivity contribution in [3.8, 4) is 0 Å². The molecule has 0 bridgehead atoms. The van der Waals surface area contributed by atoms with E-state index in [-0.39, 0.29) is 23.3 Å². The number of primary amides is 1. The average molecular weight is 342 g/mol. The number of benzene rings is 1. The molecule has 1 aliphatic heterocycles. The SMILES string of the molecule is NC(=O)C1CCN(C(=O)CCCc2nc3ccccc3c(=O)[nH]2)CC1. The van der Waals surface area contributed by atoms with Gasteiger partial charge in [0.1, 0.15) is 5.82 Å². The van der Waals surface area contributed by atoms with Gasteiger partial charge in [-0.1, -0.05) is 12.1 Å². The van der Waals surface area contributed by atoms with Crippen LogP contribution in [0.3, 0.4) is 0 Å². The van der Waals surface area contributed by atoms with Crippen molar-refractivity contribution in [1.29, 1.82) is 0 Å². The molecule has 3 rings (SSSR count). The summed E-state index contributed by atoms with van der Waals surface area (Å²) in [6.07, 6.45) is 2.85. The number of aromatic nitrogens is 2. The molecule has 2 heterocycles. The molecule has 1 fully saturated rings. The smallest absolute Gasteiger partial charge is 0.258 e. The maximum atomic E-state index is 12.3. The van der Waals surface area contributed by atoms with Gasteiger partial charge in [0.25, 0.3) is 5.56 Å². The largest absolute Gasteiger partial charge is 0.369 e. The van der Waals surface area contributed by atoms with Crippen LogP contribution in [-0.4, -0.2) is 39.8 Å². The summed E-state index contributed by atoms with van der Waals surface area (Å²) < 4.78 is 0. The number of hydrogen-bond donors (Lipinski definition) is 2. The van der Waals surface area contributed by atoms with Gasteiger partial charge >= 0.3 is 0 Å². The number of carbonyl (C=O) groups is 2. The monoisotopic (exact) mass is 342 g/mol. The van der Waals surface area contributed by atoms with Crippen molar-refractivity contribution in [3.05, 3.63) is 40.4 Å². The highest BCUT2D eigenvalue weighted by molar-refractivity contribution is 5.79. The Bertz CT molecular complexity index is 838. The number of fused-ring (bicyclic) bond motifs is 1. The van der Waals surface area contributed by atoms with Crippen molar-refractivity contribution in [2.24, 2.45) is 11.7 Å². The highest BCUT2D eigenvalue weighted by Crippen LogP contribution is 2.18. The lowest BCUT2D eigenvalue weighted by Gasteiger charge is -2.30. The number of piperidine rings is 1. The molecule has 0 saturated carbocycles. The number of nitrogens with one attached hydrogen (secondary N) is 1. The fourth-order valence-electron chi connectivity index (χ4n) is 3.23. The molecule has 132 valence electrons. The topological polar surface area (TPSA) is 109 Å². The number of nitrogens with zero attached hydrogens (tertiary/aromatic N) is 2. The number of nitrogens with two attached hydrogens (primary N) is 1. The Morgan fingerprint density at radius 1 is 1.24 bits per heavy atom. The summed E-state index contributed by atoms with van der Waals surface area (Å²) in [5, 5.41) is 0.569. The first-order valence-corrected chi connectivity index (χ1v) is 8.59. The van der Waals surface area contributed by atoms with E-state index in [1.54, 1.807) is 17.0 Å². The molecule has 0 aliphatic carbocycles. The highest BCUT2D eigenvalue weighted by atomic mass is 16.2. The van der Waals surface area contributed by atoms with E-state index in [4.69, 9.17) is 5.73 Å². The van der Waals surface area contributed by atoms with Gasteiger partial charge in [-0.05, 0) is 31.4 Å². The minimum Gasteiger partial charge on any atom is -0.369 e. The zero-order valence-electron chi connectivity index (χ0n) is 14.0. The molecule has 1 aliphatic rings. The van der Waals surface area contributed by atoms with Gasteiger partial charge in [-0.3, -0.25) is 14.4 Å². The molecule has 3 N–H and O–H groups in total. The number of para-hydroxylation sites is 1. The Hall–Kier alpha value is -2.70. The molecule has 1 saturated heterocycles. The molecule has 25 heavy (non-hydrogen) atoms. The van der Waals surface area contributed by atoms with Crippen LogP contribution in [0, 0.1) is 5.92 Å². The predicted molar refractivity (Wildman–Crippen MR) is 93.8 cm³/mol. The van der Waals surface area contributed by atoms with Crippen LogP contribution in [0.5, 0.6) is 0 Å². The first-order chi connectivity index (χ1) is 12.0. The number of rotatable bonds is 5. The lowest BCUT2D eigenvalue weighted by molar-refractivity contribution is -0.134. The molecule has 0 unspecified atom stereocenters. The third kappa shape index (κ3) is 4.04. The first kappa shape index (κ1) is 17.1. The molecule has 0 atom stereocenters. The van der Waals surface area contributed by atoms with E-state index in [1.807, 2.05) is 12.1 Å². The molecule has 1 aromatic heterocycles. The Morgan fingerprint density at radius 3 is 2.68 bits per heavy atom. The Labute approximate surface area is 145 Å². The quantitative estimate of drug-likeness (QED) is 0.843. The minimum atomic E-state index is -0.279. The van der Waals surface area contributed by atoms with Gasteiger partial charge in [0.2, 0.25) is 11.8 Å².